The molecular weight excluding hydrogens is 453 g/mol. The average Bonchev–Trinajstić information content (AvgIpc) is 3.28. The summed E-state index contributed by atoms with van der Waals surface area (Å²) < 4.78 is 15.3. The summed E-state index contributed by atoms with van der Waals surface area (Å²) in [7, 11) is 0. The zero-order valence-corrected chi connectivity index (χ0v) is 21.4. The Hall–Kier alpha value is -3.10. The maximum atomic E-state index is 15.3. The molecule has 7 nitrogen and oxygen atoms in total. The van der Waals surface area contributed by atoms with Gasteiger partial charge in [0.2, 0.25) is 0 Å². The molecule has 1 saturated heterocycles. The lowest BCUT2D eigenvalue weighted by Crippen LogP contribution is -2.47. The normalized spacial score (nSPS) is 14.9. The number of halogens is 1. The summed E-state index contributed by atoms with van der Waals surface area (Å²) in [6.45, 7) is 12.6. The molecule has 1 N–H and O–H groups in total. The molecular formula is C28H36FN7. The highest BCUT2D eigenvalue weighted by Crippen LogP contribution is 2.36. The average molecular weight is 490 g/mol. The molecule has 1 fully saturated rings. The minimum absolute atomic E-state index is 0.272. The van der Waals surface area contributed by atoms with Crippen LogP contribution in [0.25, 0.3) is 33.2 Å². The van der Waals surface area contributed by atoms with Crippen molar-refractivity contribution in [1.82, 2.24) is 29.7 Å². The molecule has 0 aromatic carbocycles. The van der Waals surface area contributed by atoms with Gasteiger partial charge in [-0.1, -0.05) is 13.8 Å². The Morgan fingerprint density at radius 2 is 1.81 bits per heavy atom. The van der Waals surface area contributed by atoms with E-state index in [0.717, 1.165) is 66.8 Å². The van der Waals surface area contributed by atoms with Gasteiger partial charge in [-0.25, -0.2) is 9.37 Å². The number of pyridine rings is 3. The van der Waals surface area contributed by atoms with Gasteiger partial charge >= 0.3 is 0 Å². The molecule has 0 radical (unpaired) electrons. The molecule has 4 aromatic heterocycles. The number of H-pyrrole nitrogens is 1. The molecule has 5 rings (SSSR count). The van der Waals surface area contributed by atoms with Crippen molar-refractivity contribution >= 4 is 27.6 Å². The van der Waals surface area contributed by atoms with Crippen molar-refractivity contribution in [3.8, 4) is 11.3 Å². The van der Waals surface area contributed by atoms with Crippen LogP contribution in [0.2, 0.25) is 0 Å². The van der Waals surface area contributed by atoms with Crippen LogP contribution in [0.1, 0.15) is 33.1 Å². The number of piperazine rings is 1. The van der Waals surface area contributed by atoms with Gasteiger partial charge in [-0.15, -0.1) is 0 Å². The Labute approximate surface area is 212 Å². The quantitative estimate of drug-likeness (QED) is 0.340. The van der Waals surface area contributed by atoms with Gasteiger partial charge < -0.3 is 14.8 Å². The van der Waals surface area contributed by atoms with Crippen LogP contribution in [-0.4, -0.2) is 82.1 Å². The van der Waals surface area contributed by atoms with Crippen molar-refractivity contribution in [2.75, 3.05) is 57.3 Å². The zero-order chi connectivity index (χ0) is 24.9. The number of fused-ring (bicyclic) bond motifs is 3. The highest BCUT2D eigenvalue weighted by Gasteiger charge is 2.24. The van der Waals surface area contributed by atoms with Gasteiger partial charge in [0.05, 0.1) is 34.7 Å². The number of hydrogen-bond acceptors (Lipinski definition) is 6. The van der Waals surface area contributed by atoms with E-state index in [2.05, 4.69) is 48.5 Å². The first-order chi connectivity index (χ1) is 17.7. The lowest BCUT2D eigenvalue weighted by atomic mass is 10.1. The Bertz CT molecular complexity index is 1280. The lowest BCUT2D eigenvalue weighted by molar-refractivity contribution is 0.219. The summed E-state index contributed by atoms with van der Waals surface area (Å²) in [5, 5.41) is 1.77. The largest absolute Gasteiger partial charge is 0.366 e. The summed E-state index contributed by atoms with van der Waals surface area (Å²) in [5.74, 6) is -0.272. The minimum atomic E-state index is -0.272. The second kappa shape index (κ2) is 11.3. The van der Waals surface area contributed by atoms with E-state index in [1.807, 2.05) is 18.2 Å². The fourth-order valence-corrected chi connectivity index (χ4v) is 5.38. The molecule has 4 aromatic rings. The van der Waals surface area contributed by atoms with Crippen LogP contribution in [0, 0.1) is 5.82 Å². The monoisotopic (exact) mass is 489 g/mol. The van der Waals surface area contributed by atoms with Gasteiger partial charge in [0, 0.05) is 49.5 Å². The lowest BCUT2D eigenvalue weighted by Gasteiger charge is -2.36. The molecule has 1 aliphatic rings. The molecule has 5 heterocycles. The van der Waals surface area contributed by atoms with Crippen LogP contribution in [0.4, 0.5) is 10.1 Å². The maximum Gasteiger partial charge on any atom is 0.165 e. The van der Waals surface area contributed by atoms with Crippen LogP contribution >= 0.6 is 0 Å². The van der Waals surface area contributed by atoms with Gasteiger partial charge in [0.15, 0.2) is 5.82 Å². The predicted molar refractivity (Wildman–Crippen MR) is 145 cm³/mol. The highest BCUT2D eigenvalue weighted by atomic mass is 19.1. The fraction of sp³-hybridized carbons (Fsp3) is 0.464. The first-order valence-electron chi connectivity index (χ1n) is 13.2. The van der Waals surface area contributed by atoms with Gasteiger partial charge in [0.25, 0.3) is 0 Å². The molecule has 0 atom stereocenters. The molecule has 0 saturated carbocycles. The standard InChI is InChI=1S/C28H36FN7/c1-3-9-34(10-4-2)11-6-12-35-13-15-36(16-14-35)27-23(29)19-32-28-26(27)22-17-24(31-20-25(22)33-28)21-7-5-8-30-18-21/h5,7-8,17-20H,3-4,6,9-16H2,1-2H3,(H,32,33). The molecule has 36 heavy (non-hydrogen) atoms. The number of anilines is 1. The van der Waals surface area contributed by atoms with Crippen LogP contribution < -0.4 is 4.90 Å². The zero-order valence-electron chi connectivity index (χ0n) is 21.4. The first-order valence-corrected chi connectivity index (χ1v) is 13.2. The Balaban J connectivity index is 1.33. The molecule has 8 heteroatoms. The topological polar surface area (TPSA) is 64.2 Å². The summed E-state index contributed by atoms with van der Waals surface area (Å²) >= 11 is 0. The van der Waals surface area contributed by atoms with E-state index >= 15 is 4.39 Å². The smallest absolute Gasteiger partial charge is 0.165 e. The van der Waals surface area contributed by atoms with Crippen molar-refractivity contribution < 1.29 is 4.39 Å². The van der Waals surface area contributed by atoms with E-state index in [1.165, 1.54) is 38.5 Å². The van der Waals surface area contributed by atoms with Crippen LogP contribution in [0.15, 0.2) is 43.0 Å². The number of aromatic amines is 1. The van der Waals surface area contributed by atoms with Gasteiger partial charge in [-0.05, 0) is 63.6 Å². The van der Waals surface area contributed by atoms with Gasteiger partial charge in [-0.3, -0.25) is 14.9 Å². The Morgan fingerprint density at radius 1 is 1.00 bits per heavy atom. The van der Waals surface area contributed by atoms with E-state index in [4.69, 9.17) is 0 Å². The number of aromatic nitrogens is 4. The third-order valence-electron chi connectivity index (χ3n) is 7.11. The molecule has 0 spiro atoms. The van der Waals surface area contributed by atoms with E-state index in [9.17, 15) is 0 Å². The number of nitrogens with zero attached hydrogens (tertiary/aromatic N) is 6. The van der Waals surface area contributed by atoms with E-state index in [1.54, 1.807) is 18.6 Å². The second-order valence-corrected chi connectivity index (χ2v) is 9.68. The van der Waals surface area contributed by atoms with Crippen LogP contribution in [-0.2, 0) is 0 Å². The van der Waals surface area contributed by atoms with E-state index in [-0.39, 0.29) is 5.82 Å². The summed E-state index contributed by atoms with van der Waals surface area (Å²) in [4.78, 5) is 23.8. The third-order valence-corrected chi connectivity index (χ3v) is 7.11. The molecule has 0 bridgehead atoms. The van der Waals surface area contributed by atoms with Crippen molar-refractivity contribution in [3.05, 3.63) is 48.8 Å². The molecule has 190 valence electrons. The van der Waals surface area contributed by atoms with E-state index in [0.29, 0.717) is 11.3 Å². The maximum absolute atomic E-state index is 15.3. The number of rotatable bonds is 10. The predicted octanol–water partition coefficient (Wildman–Crippen LogP) is 4.95. The van der Waals surface area contributed by atoms with E-state index < -0.39 is 0 Å². The van der Waals surface area contributed by atoms with Crippen LogP contribution in [0.5, 0.6) is 0 Å². The van der Waals surface area contributed by atoms with Gasteiger partial charge in [-0.2, -0.15) is 0 Å². The molecule has 0 unspecified atom stereocenters. The molecule has 0 aliphatic carbocycles. The molecule has 1 aliphatic heterocycles. The third kappa shape index (κ3) is 5.20. The fourth-order valence-electron chi connectivity index (χ4n) is 5.38. The first kappa shape index (κ1) is 24.6. The van der Waals surface area contributed by atoms with Gasteiger partial charge in [0.1, 0.15) is 5.65 Å². The summed E-state index contributed by atoms with van der Waals surface area (Å²) in [6, 6.07) is 5.90. The Morgan fingerprint density at radius 3 is 2.53 bits per heavy atom. The number of nitrogens with one attached hydrogen (secondary N) is 1. The SMILES string of the molecule is CCCN(CCC)CCCN1CCN(c2c(F)cnc3[nH]c4cnc(-c5cccnc5)cc4c23)CC1. The summed E-state index contributed by atoms with van der Waals surface area (Å²) in [5.41, 5.74) is 3.95. The Kier molecular flexibility index (Phi) is 7.72. The van der Waals surface area contributed by atoms with Crippen LogP contribution in [0.3, 0.4) is 0 Å². The number of hydrogen-bond donors (Lipinski definition) is 1. The van der Waals surface area contributed by atoms with Crippen molar-refractivity contribution in [3.63, 3.8) is 0 Å². The minimum Gasteiger partial charge on any atom is -0.366 e. The summed E-state index contributed by atoms with van der Waals surface area (Å²) in [6.07, 6.45) is 10.3. The van der Waals surface area contributed by atoms with Crippen molar-refractivity contribution in [1.29, 1.82) is 0 Å². The van der Waals surface area contributed by atoms with Crippen molar-refractivity contribution in [2.24, 2.45) is 0 Å². The molecule has 0 amide bonds. The highest BCUT2D eigenvalue weighted by molar-refractivity contribution is 6.12. The second-order valence-electron chi connectivity index (χ2n) is 9.68. The van der Waals surface area contributed by atoms with Crippen molar-refractivity contribution in [2.45, 2.75) is 33.1 Å².